The van der Waals surface area contributed by atoms with E-state index >= 15 is 0 Å². The minimum absolute atomic E-state index is 0.520. The second-order valence-corrected chi connectivity index (χ2v) is 5.87. The molecule has 90 valence electrons. The highest BCUT2D eigenvalue weighted by Gasteiger charge is 2.26. The van der Waals surface area contributed by atoms with Gasteiger partial charge in [-0.2, -0.15) is 4.98 Å². The van der Waals surface area contributed by atoms with E-state index in [2.05, 4.69) is 32.7 Å². The van der Waals surface area contributed by atoms with E-state index in [1.807, 2.05) is 24.3 Å². The van der Waals surface area contributed by atoms with E-state index < -0.39 is 0 Å². The summed E-state index contributed by atoms with van der Waals surface area (Å²) < 4.78 is 5.79. The van der Waals surface area contributed by atoms with E-state index in [4.69, 9.17) is 4.42 Å². The number of hydrogen-bond acceptors (Lipinski definition) is 3. The SMILES string of the molecule is CC1CCN(c2nc3ccccc3o2)CC1Br. The molecule has 0 spiro atoms. The van der Waals surface area contributed by atoms with Crippen molar-refractivity contribution in [3.63, 3.8) is 0 Å². The molecule has 2 heterocycles. The molecule has 1 aromatic heterocycles. The number of fused-ring (bicyclic) bond motifs is 1. The zero-order valence-corrected chi connectivity index (χ0v) is 11.4. The molecular formula is C13H15BrN2O. The fraction of sp³-hybridized carbons (Fsp3) is 0.462. The fourth-order valence-electron chi connectivity index (χ4n) is 2.19. The Hall–Kier alpha value is -1.03. The van der Waals surface area contributed by atoms with Crippen LogP contribution >= 0.6 is 15.9 Å². The number of hydrogen-bond donors (Lipinski definition) is 0. The van der Waals surface area contributed by atoms with Crippen LogP contribution in [0.25, 0.3) is 11.1 Å². The number of para-hydroxylation sites is 2. The van der Waals surface area contributed by atoms with Crippen LogP contribution in [0, 0.1) is 5.92 Å². The van der Waals surface area contributed by atoms with Gasteiger partial charge in [0.1, 0.15) is 5.52 Å². The number of aromatic nitrogens is 1. The molecule has 0 amide bonds. The zero-order chi connectivity index (χ0) is 11.8. The van der Waals surface area contributed by atoms with Gasteiger partial charge in [-0.15, -0.1) is 0 Å². The summed E-state index contributed by atoms with van der Waals surface area (Å²) in [6, 6.07) is 8.66. The molecular weight excluding hydrogens is 280 g/mol. The van der Waals surface area contributed by atoms with Crippen molar-refractivity contribution in [2.45, 2.75) is 18.2 Å². The Morgan fingerprint density at radius 1 is 1.41 bits per heavy atom. The molecule has 0 N–H and O–H groups in total. The van der Waals surface area contributed by atoms with E-state index in [1.165, 1.54) is 6.42 Å². The maximum atomic E-state index is 5.79. The lowest BCUT2D eigenvalue weighted by Crippen LogP contribution is -2.40. The summed E-state index contributed by atoms with van der Waals surface area (Å²) in [5, 5.41) is 0. The highest BCUT2D eigenvalue weighted by molar-refractivity contribution is 9.09. The van der Waals surface area contributed by atoms with Crippen LogP contribution in [0.4, 0.5) is 6.01 Å². The maximum absolute atomic E-state index is 5.79. The largest absolute Gasteiger partial charge is 0.423 e. The van der Waals surface area contributed by atoms with Crippen LogP contribution < -0.4 is 4.90 Å². The number of benzene rings is 1. The molecule has 4 heteroatoms. The third kappa shape index (κ3) is 2.06. The zero-order valence-electron chi connectivity index (χ0n) is 9.77. The quantitative estimate of drug-likeness (QED) is 0.755. The molecule has 1 aromatic carbocycles. The first-order valence-electron chi connectivity index (χ1n) is 5.98. The summed E-state index contributed by atoms with van der Waals surface area (Å²) in [5.74, 6) is 0.718. The van der Waals surface area contributed by atoms with Gasteiger partial charge in [0.2, 0.25) is 0 Å². The molecule has 2 aromatic rings. The molecule has 1 saturated heterocycles. The Balaban J connectivity index is 1.88. The molecule has 0 saturated carbocycles. The molecule has 0 bridgehead atoms. The van der Waals surface area contributed by atoms with Crippen molar-refractivity contribution >= 4 is 33.0 Å². The van der Waals surface area contributed by atoms with Crippen LogP contribution in [-0.2, 0) is 0 Å². The van der Waals surface area contributed by atoms with Gasteiger partial charge in [-0.1, -0.05) is 35.0 Å². The standard InChI is InChI=1S/C13H15BrN2O/c1-9-6-7-16(8-10(9)14)13-15-11-4-2-3-5-12(11)17-13/h2-5,9-10H,6-8H2,1H3. The maximum Gasteiger partial charge on any atom is 0.298 e. The average molecular weight is 295 g/mol. The summed E-state index contributed by atoms with van der Waals surface area (Å²) in [4.78, 5) is 7.28. The lowest BCUT2D eigenvalue weighted by molar-refractivity contribution is 0.432. The number of halogens is 1. The van der Waals surface area contributed by atoms with Gasteiger partial charge in [0.05, 0.1) is 0 Å². The van der Waals surface area contributed by atoms with Crippen molar-refractivity contribution in [2.75, 3.05) is 18.0 Å². The van der Waals surface area contributed by atoms with Crippen LogP contribution in [0.1, 0.15) is 13.3 Å². The van der Waals surface area contributed by atoms with Crippen LogP contribution in [-0.4, -0.2) is 22.9 Å². The van der Waals surface area contributed by atoms with Gasteiger partial charge in [-0.3, -0.25) is 0 Å². The lowest BCUT2D eigenvalue weighted by atomic mass is 9.99. The van der Waals surface area contributed by atoms with Gasteiger partial charge in [-0.05, 0) is 24.5 Å². The number of anilines is 1. The molecule has 3 rings (SSSR count). The second kappa shape index (κ2) is 4.33. The Morgan fingerprint density at radius 3 is 3.00 bits per heavy atom. The second-order valence-electron chi connectivity index (χ2n) is 4.69. The Labute approximate surface area is 109 Å². The van der Waals surface area contributed by atoms with Crippen LogP contribution in [0.15, 0.2) is 28.7 Å². The predicted octanol–water partition coefficient (Wildman–Crippen LogP) is 3.44. The first-order chi connectivity index (χ1) is 8.24. The molecule has 2 unspecified atom stereocenters. The summed E-state index contributed by atoms with van der Waals surface area (Å²) >= 11 is 3.72. The van der Waals surface area contributed by atoms with Gasteiger partial charge < -0.3 is 9.32 Å². The molecule has 1 fully saturated rings. The first-order valence-corrected chi connectivity index (χ1v) is 6.90. The van der Waals surface area contributed by atoms with Gasteiger partial charge in [-0.25, -0.2) is 0 Å². The lowest BCUT2D eigenvalue weighted by Gasteiger charge is -2.33. The third-order valence-electron chi connectivity index (χ3n) is 3.42. The number of oxazole rings is 1. The van der Waals surface area contributed by atoms with Crippen LogP contribution in [0.5, 0.6) is 0 Å². The predicted molar refractivity (Wildman–Crippen MR) is 72.7 cm³/mol. The van der Waals surface area contributed by atoms with Gasteiger partial charge in [0, 0.05) is 17.9 Å². The monoisotopic (exact) mass is 294 g/mol. The Morgan fingerprint density at radius 2 is 2.24 bits per heavy atom. The third-order valence-corrected chi connectivity index (χ3v) is 4.61. The molecule has 1 aliphatic rings. The van der Waals surface area contributed by atoms with Crippen molar-refractivity contribution in [3.8, 4) is 0 Å². The molecule has 0 radical (unpaired) electrons. The molecule has 0 aliphatic carbocycles. The Bertz CT molecular complexity index is 492. The normalized spacial score (nSPS) is 25.4. The Kier molecular flexibility index (Phi) is 2.82. The van der Waals surface area contributed by atoms with Gasteiger partial charge >= 0.3 is 0 Å². The number of rotatable bonds is 1. The van der Waals surface area contributed by atoms with Crippen molar-refractivity contribution in [1.82, 2.24) is 4.98 Å². The van der Waals surface area contributed by atoms with E-state index in [1.54, 1.807) is 0 Å². The summed E-state index contributed by atoms with van der Waals surface area (Å²) in [5.41, 5.74) is 1.81. The number of alkyl halides is 1. The van der Waals surface area contributed by atoms with E-state index in [0.29, 0.717) is 4.83 Å². The smallest absolute Gasteiger partial charge is 0.298 e. The summed E-state index contributed by atoms with van der Waals surface area (Å²) in [7, 11) is 0. The summed E-state index contributed by atoms with van der Waals surface area (Å²) in [6.45, 7) is 4.27. The van der Waals surface area contributed by atoms with Crippen molar-refractivity contribution in [3.05, 3.63) is 24.3 Å². The van der Waals surface area contributed by atoms with Crippen molar-refractivity contribution < 1.29 is 4.42 Å². The van der Waals surface area contributed by atoms with E-state index in [-0.39, 0.29) is 0 Å². The summed E-state index contributed by atoms with van der Waals surface area (Å²) in [6.07, 6.45) is 1.18. The van der Waals surface area contributed by atoms with Gasteiger partial charge in [0.15, 0.2) is 5.58 Å². The van der Waals surface area contributed by atoms with Gasteiger partial charge in [0.25, 0.3) is 6.01 Å². The van der Waals surface area contributed by atoms with Crippen LogP contribution in [0.2, 0.25) is 0 Å². The molecule has 1 aliphatic heterocycles. The fourth-order valence-corrected chi connectivity index (χ4v) is 2.80. The first kappa shape index (κ1) is 11.1. The minimum Gasteiger partial charge on any atom is -0.423 e. The average Bonchev–Trinajstić information content (AvgIpc) is 2.76. The number of piperidine rings is 1. The molecule has 2 atom stereocenters. The highest BCUT2D eigenvalue weighted by atomic mass is 79.9. The van der Waals surface area contributed by atoms with Crippen LogP contribution in [0.3, 0.4) is 0 Å². The van der Waals surface area contributed by atoms with E-state index in [0.717, 1.165) is 36.1 Å². The highest BCUT2D eigenvalue weighted by Crippen LogP contribution is 2.28. The van der Waals surface area contributed by atoms with Crippen molar-refractivity contribution in [1.29, 1.82) is 0 Å². The number of nitrogens with zero attached hydrogens (tertiary/aromatic N) is 2. The molecule has 3 nitrogen and oxygen atoms in total. The van der Waals surface area contributed by atoms with Crippen molar-refractivity contribution in [2.24, 2.45) is 5.92 Å². The van der Waals surface area contributed by atoms with E-state index in [9.17, 15) is 0 Å². The topological polar surface area (TPSA) is 29.3 Å². The molecule has 17 heavy (non-hydrogen) atoms. The minimum atomic E-state index is 0.520.